The van der Waals surface area contributed by atoms with Gasteiger partial charge in [-0.2, -0.15) is 13.2 Å². The first-order valence-corrected chi connectivity index (χ1v) is 11.6. The van der Waals surface area contributed by atoms with Crippen LogP contribution in [0.1, 0.15) is 81.2 Å². The highest BCUT2D eigenvalue weighted by Gasteiger charge is 2.65. The second-order valence-electron chi connectivity index (χ2n) is 10.00. The molecule has 0 spiro atoms. The number of ether oxygens (including phenoxy) is 2. The average molecular weight is 461 g/mol. The Labute approximate surface area is 193 Å². The molecule has 2 aromatic carbocycles. The first-order valence-electron chi connectivity index (χ1n) is 11.6. The van der Waals surface area contributed by atoms with Gasteiger partial charge < -0.3 is 9.47 Å². The Bertz CT molecular complexity index is 992. The van der Waals surface area contributed by atoms with Crippen LogP contribution in [0.4, 0.5) is 13.2 Å². The molecule has 2 aliphatic carbocycles. The van der Waals surface area contributed by atoms with Crippen molar-refractivity contribution in [3.63, 3.8) is 0 Å². The first-order chi connectivity index (χ1) is 15.5. The standard InChI is InChI=1S/C27H31F3O3/c1-16(18-11-13-21(14-12-18)27(28,29)30)19-7-5-8-20(15-19)17(2)32-25(31)23-24(26(23,3)4)33-22-9-6-10-22/h5,7-8,11-17,22-24H,6,9-10H2,1-4H3. The van der Waals surface area contributed by atoms with Gasteiger partial charge in [-0.3, -0.25) is 4.79 Å². The summed E-state index contributed by atoms with van der Waals surface area (Å²) in [5.41, 5.74) is 1.73. The smallest absolute Gasteiger partial charge is 0.416 e. The van der Waals surface area contributed by atoms with Gasteiger partial charge in [0.2, 0.25) is 0 Å². The van der Waals surface area contributed by atoms with E-state index < -0.39 is 17.8 Å². The third-order valence-corrected chi connectivity index (χ3v) is 7.28. The molecule has 6 heteroatoms. The van der Waals surface area contributed by atoms with E-state index in [0.29, 0.717) is 0 Å². The molecule has 0 heterocycles. The van der Waals surface area contributed by atoms with Gasteiger partial charge in [-0.25, -0.2) is 0 Å². The predicted molar refractivity (Wildman–Crippen MR) is 120 cm³/mol. The second-order valence-corrected chi connectivity index (χ2v) is 10.00. The van der Waals surface area contributed by atoms with E-state index >= 15 is 0 Å². The summed E-state index contributed by atoms with van der Waals surface area (Å²) in [7, 11) is 0. The maximum absolute atomic E-state index is 12.9. The van der Waals surface area contributed by atoms with E-state index in [9.17, 15) is 18.0 Å². The Hall–Kier alpha value is -2.34. The van der Waals surface area contributed by atoms with E-state index in [1.807, 2.05) is 52.0 Å². The van der Waals surface area contributed by atoms with Crippen molar-refractivity contribution in [3.8, 4) is 0 Å². The van der Waals surface area contributed by atoms with Crippen LogP contribution in [-0.4, -0.2) is 18.2 Å². The van der Waals surface area contributed by atoms with Crippen LogP contribution < -0.4 is 0 Å². The van der Waals surface area contributed by atoms with Gasteiger partial charge in [-0.15, -0.1) is 0 Å². The van der Waals surface area contributed by atoms with Crippen LogP contribution in [-0.2, 0) is 20.4 Å². The molecular formula is C27H31F3O3. The lowest BCUT2D eigenvalue weighted by Gasteiger charge is -2.26. The van der Waals surface area contributed by atoms with Gasteiger partial charge in [0, 0.05) is 11.3 Å². The van der Waals surface area contributed by atoms with Crippen LogP contribution in [0.5, 0.6) is 0 Å². The highest BCUT2D eigenvalue weighted by atomic mass is 19.4. The highest BCUT2D eigenvalue weighted by molar-refractivity contribution is 5.78. The summed E-state index contributed by atoms with van der Waals surface area (Å²) in [6.07, 6.45) is -1.28. The Morgan fingerprint density at radius 3 is 2.21 bits per heavy atom. The van der Waals surface area contributed by atoms with E-state index in [1.165, 1.54) is 18.6 Å². The SMILES string of the molecule is CC(OC(=O)C1C(OC2CCC2)C1(C)C)c1cccc(C(C)c2ccc(C(F)(F)F)cc2)c1. The largest absolute Gasteiger partial charge is 0.457 e. The summed E-state index contributed by atoms with van der Waals surface area (Å²) in [5, 5.41) is 0. The fourth-order valence-electron chi connectivity index (χ4n) is 4.54. The lowest BCUT2D eigenvalue weighted by Crippen LogP contribution is -2.24. The minimum atomic E-state index is -4.35. The number of benzene rings is 2. The number of halogens is 3. The molecule has 2 aromatic rings. The zero-order chi connectivity index (χ0) is 24.0. The third kappa shape index (κ3) is 4.96. The number of hydrogen-bond acceptors (Lipinski definition) is 3. The monoisotopic (exact) mass is 460 g/mol. The number of carbonyl (C=O) groups is 1. The van der Waals surface area contributed by atoms with Gasteiger partial charge in [0.05, 0.1) is 23.7 Å². The quantitative estimate of drug-likeness (QED) is 0.415. The molecule has 4 atom stereocenters. The van der Waals surface area contributed by atoms with E-state index in [2.05, 4.69) is 0 Å². The molecule has 0 amide bonds. The molecule has 33 heavy (non-hydrogen) atoms. The third-order valence-electron chi connectivity index (χ3n) is 7.28. The summed E-state index contributed by atoms with van der Waals surface area (Å²) in [4.78, 5) is 12.9. The molecule has 0 radical (unpaired) electrons. The molecule has 3 nitrogen and oxygen atoms in total. The lowest BCUT2D eigenvalue weighted by atomic mass is 9.91. The van der Waals surface area contributed by atoms with Crippen LogP contribution >= 0.6 is 0 Å². The number of hydrogen-bond donors (Lipinski definition) is 0. The molecule has 0 aliphatic heterocycles. The molecule has 178 valence electrons. The van der Waals surface area contributed by atoms with Crippen LogP contribution in [0.15, 0.2) is 48.5 Å². The summed E-state index contributed by atoms with van der Waals surface area (Å²) in [6.45, 7) is 7.88. The van der Waals surface area contributed by atoms with Crippen LogP contribution in [0.25, 0.3) is 0 Å². The molecule has 0 bridgehead atoms. The highest BCUT2D eigenvalue weighted by Crippen LogP contribution is 2.56. The van der Waals surface area contributed by atoms with Crippen LogP contribution in [0, 0.1) is 11.3 Å². The molecule has 0 aromatic heterocycles. The van der Waals surface area contributed by atoms with Crippen molar-refractivity contribution in [1.29, 1.82) is 0 Å². The van der Waals surface area contributed by atoms with Crippen LogP contribution in [0.2, 0.25) is 0 Å². The molecule has 4 rings (SSSR count). The zero-order valence-corrected chi connectivity index (χ0v) is 19.5. The molecule has 0 N–H and O–H groups in total. The van der Waals surface area contributed by atoms with Crippen LogP contribution in [0.3, 0.4) is 0 Å². The fraction of sp³-hybridized carbons (Fsp3) is 0.519. The predicted octanol–water partition coefficient (Wildman–Crippen LogP) is 7.06. The molecule has 2 fully saturated rings. The summed E-state index contributed by atoms with van der Waals surface area (Å²) in [5.74, 6) is -0.592. The Morgan fingerprint density at radius 1 is 1.00 bits per heavy atom. The summed E-state index contributed by atoms with van der Waals surface area (Å²) >= 11 is 0. The topological polar surface area (TPSA) is 35.5 Å². The number of carbonyl (C=O) groups excluding carboxylic acids is 1. The molecule has 4 unspecified atom stereocenters. The van der Waals surface area contributed by atoms with E-state index in [-0.39, 0.29) is 35.4 Å². The Kier molecular flexibility index (Phi) is 6.34. The maximum atomic E-state index is 12.9. The second kappa shape index (κ2) is 8.79. The number of alkyl halides is 3. The Morgan fingerprint density at radius 2 is 1.64 bits per heavy atom. The van der Waals surface area contributed by atoms with Gasteiger partial charge in [0.25, 0.3) is 0 Å². The van der Waals surface area contributed by atoms with Gasteiger partial charge in [0.15, 0.2) is 0 Å². The van der Waals surface area contributed by atoms with Crippen molar-refractivity contribution in [2.75, 3.05) is 0 Å². The zero-order valence-electron chi connectivity index (χ0n) is 19.5. The normalized spacial score (nSPS) is 24.0. The molecule has 2 aliphatic rings. The fourth-order valence-corrected chi connectivity index (χ4v) is 4.54. The number of esters is 1. The maximum Gasteiger partial charge on any atom is 0.416 e. The van der Waals surface area contributed by atoms with Gasteiger partial charge in [-0.05, 0) is 55.0 Å². The van der Waals surface area contributed by atoms with Crippen molar-refractivity contribution < 1.29 is 27.4 Å². The van der Waals surface area contributed by atoms with Crippen molar-refractivity contribution in [2.24, 2.45) is 11.3 Å². The molecular weight excluding hydrogens is 429 g/mol. The van der Waals surface area contributed by atoms with Crippen molar-refractivity contribution in [1.82, 2.24) is 0 Å². The average Bonchev–Trinajstić information content (AvgIpc) is 3.29. The first kappa shape index (κ1) is 23.8. The lowest BCUT2D eigenvalue weighted by molar-refractivity contribution is -0.152. The van der Waals surface area contributed by atoms with Crippen molar-refractivity contribution in [2.45, 2.75) is 77.4 Å². The van der Waals surface area contributed by atoms with E-state index in [1.54, 1.807) is 0 Å². The minimum absolute atomic E-state index is 0.0893. The van der Waals surface area contributed by atoms with Crippen molar-refractivity contribution in [3.05, 3.63) is 70.8 Å². The Balaban J connectivity index is 1.41. The van der Waals surface area contributed by atoms with Gasteiger partial charge >= 0.3 is 12.1 Å². The number of rotatable bonds is 7. The summed E-state index contributed by atoms with van der Waals surface area (Å²) < 4.78 is 50.5. The summed E-state index contributed by atoms with van der Waals surface area (Å²) in [6, 6.07) is 12.9. The van der Waals surface area contributed by atoms with Gasteiger partial charge in [0.1, 0.15) is 6.10 Å². The molecule has 2 saturated carbocycles. The minimum Gasteiger partial charge on any atom is -0.457 e. The van der Waals surface area contributed by atoms with Gasteiger partial charge in [-0.1, -0.05) is 57.2 Å². The molecule has 0 saturated heterocycles. The van der Waals surface area contributed by atoms with E-state index in [0.717, 1.165) is 41.7 Å². The van der Waals surface area contributed by atoms with Crippen molar-refractivity contribution >= 4 is 5.97 Å². The van der Waals surface area contributed by atoms with E-state index in [4.69, 9.17) is 9.47 Å².